The van der Waals surface area contributed by atoms with Gasteiger partial charge in [-0.05, 0) is 61.0 Å². The Labute approximate surface area is 172 Å². The zero-order valence-electron chi connectivity index (χ0n) is 16.3. The molecule has 2 aromatic heterocycles. The number of nitrogens with zero attached hydrogens (tertiary/aromatic N) is 1. The molecule has 1 aliphatic rings. The van der Waals surface area contributed by atoms with Crippen molar-refractivity contribution in [1.29, 1.82) is 0 Å². The van der Waals surface area contributed by atoms with E-state index in [1.165, 1.54) is 16.9 Å². The Balaban J connectivity index is 1.71. The van der Waals surface area contributed by atoms with E-state index >= 15 is 0 Å². The molecule has 0 spiro atoms. The first-order valence-electron chi connectivity index (χ1n) is 9.63. The number of hydrogen-bond donors (Lipinski definition) is 1. The fourth-order valence-electron chi connectivity index (χ4n) is 3.64. The first kappa shape index (κ1) is 18.2. The molecule has 0 saturated heterocycles. The van der Waals surface area contributed by atoms with Crippen molar-refractivity contribution in [2.75, 3.05) is 0 Å². The molecule has 0 atom stereocenters. The van der Waals surface area contributed by atoms with Gasteiger partial charge in [-0.2, -0.15) is 0 Å². The summed E-state index contributed by atoms with van der Waals surface area (Å²) >= 11 is 1.45. The van der Waals surface area contributed by atoms with E-state index in [1.807, 2.05) is 67.0 Å². The number of aryl methyl sites for hydroxylation is 2. The Morgan fingerprint density at radius 1 is 1.07 bits per heavy atom. The van der Waals surface area contributed by atoms with Gasteiger partial charge in [0.15, 0.2) is 0 Å². The minimum absolute atomic E-state index is 0.00303. The predicted octanol–water partition coefficient (Wildman–Crippen LogP) is 5.35. The van der Waals surface area contributed by atoms with Crippen LogP contribution in [0, 0.1) is 6.92 Å². The molecule has 2 aromatic carbocycles. The zero-order chi connectivity index (χ0) is 20.2. The van der Waals surface area contributed by atoms with Gasteiger partial charge < -0.3 is 14.4 Å². The van der Waals surface area contributed by atoms with E-state index in [2.05, 4.69) is 0 Å². The lowest BCUT2D eigenvalue weighted by atomic mass is 9.97. The van der Waals surface area contributed by atoms with Crippen LogP contribution in [0.3, 0.4) is 0 Å². The van der Waals surface area contributed by atoms with Crippen molar-refractivity contribution in [3.8, 4) is 22.6 Å². The van der Waals surface area contributed by atoms with Crippen LogP contribution in [-0.2, 0) is 12.6 Å². The number of hydrogen-bond acceptors (Lipinski definition) is 4. The van der Waals surface area contributed by atoms with Crippen molar-refractivity contribution in [3.05, 3.63) is 81.6 Å². The lowest BCUT2D eigenvalue weighted by Crippen LogP contribution is -2.15. The van der Waals surface area contributed by atoms with Crippen LogP contribution in [-0.4, -0.2) is 9.67 Å². The predicted molar refractivity (Wildman–Crippen MR) is 117 cm³/mol. The van der Waals surface area contributed by atoms with Gasteiger partial charge >= 0.3 is 0 Å². The average molecular weight is 404 g/mol. The molecule has 0 aliphatic heterocycles. The minimum Gasteiger partial charge on any atom is -0.457 e. The Kier molecular flexibility index (Phi) is 4.12. The molecule has 0 unspecified atom stereocenters. The van der Waals surface area contributed by atoms with Gasteiger partial charge in [-0.1, -0.05) is 23.8 Å². The molecule has 146 valence electrons. The number of thiophene rings is 1. The molecule has 29 heavy (non-hydrogen) atoms. The summed E-state index contributed by atoms with van der Waals surface area (Å²) in [6, 6.07) is 15.8. The standard InChI is InChI=1S/C24H21NO3S/c1-15-3-6-17(7-4-15)28-21-8-5-16(24(27)10-11-24)13-19(21)20-14-25(2)23(26)22-18(20)9-12-29-22/h3-9,12-14,27H,10-11H2,1-2H3. The third-order valence-corrected chi connectivity index (χ3v) is 6.47. The fraction of sp³-hybridized carbons (Fsp3) is 0.208. The molecular formula is C24H21NO3S. The summed E-state index contributed by atoms with van der Waals surface area (Å²) in [5, 5.41) is 13.5. The highest BCUT2D eigenvalue weighted by molar-refractivity contribution is 7.17. The number of fused-ring (bicyclic) bond motifs is 1. The van der Waals surface area contributed by atoms with Gasteiger partial charge in [0.1, 0.15) is 16.2 Å². The number of pyridine rings is 1. The summed E-state index contributed by atoms with van der Waals surface area (Å²) in [5.74, 6) is 1.45. The van der Waals surface area contributed by atoms with Crippen LogP contribution in [0.4, 0.5) is 0 Å². The van der Waals surface area contributed by atoms with Gasteiger partial charge in [-0.25, -0.2) is 0 Å². The Bertz CT molecular complexity index is 1280. The smallest absolute Gasteiger partial charge is 0.268 e. The summed E-state index contributed by atoms with van der Waals surface area (Å²) in [6.45, 7) is 2.04. The lowest BCUT2D eigenvalue weighted by Gasteiger charge is -2.17. The topological polar surface area (TPSA) is 51.5 Å². The molecule has 1 N–H and O–H groups in total. The van der Waals surface area contributed by atoms with Crippen molar-refractivity contribution in [3.63, 3.8) is 0 Å². The molecule has 4 nitrogen and oxygen atoms in total. The number of aromatic nitrogens is 1. The van der Waals surface area contributed by atoms with E-state index in [0.717, 1.165) is 45.4 Å². The highest BCUT2D eigenvalue weighted by Crippen LogP contribution is 2.48. The van der Waals surface area contributed by atoms with Crippen molar-refractivity contribution < 1.29 is 9.84 Å². The zero-order valence-corrected chi connectivity index (χ0v) is 17.1. The van der Waals surface area contributed by atoms with Crippen LogP contribution in [0.1, 0.15) is 24.0 Å². The van der Waals surface area contributed by atoms with Crippen LogP contribution >= 0.6 is 11.3 Å². The van der Waals surface area contributed by atoms with E-state index in [9.17, 15) is 9.90 Å². The second kappa shape index (κ2) is 6.58. The Morgan fingerprint density at radius 2 is 1.83 bits per heavy atom. The van der Waals surface area contributed by atoms with Gasteiger partial charge in [-0.3, -0.25) is 4.79 Å². The van der Waals surface area contributed by atoms with Gasteiger partial charge in [0, 0.05) is 29.8 Å². The van der Waals surface area contributed by atoms with Gasteiger partial charge in [0.25, 0.3) is 5.56 Å². The maximum absolute atomic E-state index is 12.5. The van der Waals surface area contributed by atoms with E-state index < -0.39 is 5.60 Å². The number of aliphatic hydroxyl groups is 1. The second-order valence-electron chi connectivity index (χ2n) is 7.78. The van der Waals surface area contributed by atoms with E-state index in [4.69, 9.17) is 4.74 Å². The number of benzene rings is 2. The quantitative estimate of drug-likeness (QED) is 0.500. The molecule has 0 radical (unpaired) electrons. The first-order valence-corrected chi connectivity index (χ1v) is 10.5. The average Bonchev–Trinajstić information content (AvgIpc) is 3.27. The van der Waals surface area contributed by atoms with E-state index in [1.54, 1.807) is 11.6 Å². The van der Waals surface area contributed by atoms with Crippen molar-refractivity contribution >= 4 is 21.4 Å². The van der Waals surface area contributed by atoms with Crippen LogP contribution in [0.2, 0.25) is 0 Å². The maximum Gasteiger partial charge on any atom is 0.268 e. The summed E-state index contributed by atoms with van der Waals surface area (Å²) < 4.78 is 8.57. The molecule has 5 heteroatoms. The van der Waals surface area contributed by atoms with Crippen molar-refractivity contribution in [2.45, 2.75) is 25.4 Å². The molecule has 5 rings (SSSR count). The lowest BCUT2D eigenvalue weighted by molar-refractivity contribution is 0.151. The molecule has 1 saturated carbocycles. The second-order valence-corrected chi connectivity index (χ2v) is 8.70. The molecular weight excluding hydrogens is 382 g/mol. The van der Waals surface area contributed by atoms with E-state index in [0.29, 0.717) is 5.75 Å². The molecule has 1 aliphatic carbocycles. The van der Waals surface area contributed by atoms with E-state index in [-0.39, 0.29) is 5.56 Å². The van der Waals surface area contributed by atoms with Crippen LogP contribution in [0.5, 0.6) is 11.5 Å². The normalized spacial score (nSPS) is 14.9. The monoisotopic (exact) mass is 403 g/mol. The Morgan fingerprint density at radius 3 is 2.55 bits per heavy atom. The van der Waals surface area contributed by atoms with Crippen LogP contribution in [0.25, 0.3) is 21.2 Å². The third kappa shape index (κ3) is 3.16. The number of ether oxygens (including phenoxy) is 1. The summed E-state index contributed by atoms with van der Waals surface area (Å²) in [5.41, 5.74) is 3.12. The molecule has 4 aromatic rings. The van der Waals surface area contributed by atoms with Crippen LogP contribution < -0.4 is 10.3 Å². The molecule has 0 amide bonds. The SMILES string of the molecule is Cc1ccc(Oc2ccc(C3(O)CC3)cc2-c2cn(C)c(=O)c3sccc23)cc1. The third-order valence-electron chi connectivity index (χ3n) is 5.57. The van der Waals surface area contributed by atoms with Crippen molar-refractivity contribution in [1.82, 2.24) is 4.57 Å². The van der Waals surface area contributed by atoms with Gasteiger partial charge in [-0.15, -0.1) is 11.3 Å². The summed E-state index contributed by atoms with van der Waals surface area (Å²) in [7, 11) is 1.77. The highest BCUT2D eigenvalue weighted by Gasteiger charge is 2.42. The highest BCUT2D eigenvalue weighted by atomic mass is 32.1. The first-order chi connectivity index (χ1) is 13.9. The molecule has 1 fully saturated rings. The van der Waals surface area contributed by atoms with Gasteiger partial charge in [0.05, 0.1) is 5.60 Å². The minimum atomic E-state index is -0.744. The fourth-order valence-corrected chi connectivity index (χ4v) is 4.53. The Hall–Kier alpha value is -2.89. The number of rotatable bonds is 4. The largest absolute Gasteiger partial charge is 0.457 e. The van der Waals surface area contributed by atoms with Crippen molar-refractivity contribution in [2.24, 2.45) is 7.05 Å². The van der Waals surface area contributed by atoms with Gasteiger partial charge in [0.2, 0.25) is 0 Å². The molecule has 2 heterocycles. The maximum atomic E-state index is 12.5. The summed E-state index contributed by atoms with van der Waals surface area (Å²) in [6.07, 6.45) is 3.40. The molecule has 0 bridgehead atoms. The van der Waals surface area contributed by atoms with Crippen LogP contribution in [0.15, 0.2) is 64.9 Å². The summed E-state index contributed by atoms with van der Waals surface area (Å²) in [4.78, 5) is 12.5.